The molecular formula is C5H8Br2N2. The van der Waals surface area contributed by atoms with Crippen LogP contribution in [0.25, 0.3) is 0 Å². The average Bonchev–Trinajstić information content (AvgIpc) is 2.19. The van der Waals surface area contributed by atoms with Gasteiger partial charge in [-0.05, 0) is 6.42 Å². The molecule has 0 aliphatic rings. The van der Waals surface area contributed by atoms with Crippen LogP contribution in [-0.4, -0.2) is 15.3 Å². The highest BCUT2D eigenvalue weighted by Crippen LogP contribution is 1.94. The first-order valence-corrected chi connectivity index (χ1v) is 3.59. The van der Waals surface area contributed by atoms with Crippen LogP contribution < -0.4 is 0 Å². The molecule has 0 amide bonds. The molecule has 0 spiro atoms. The number of aromatic amines is 1. The molecule has 0 aromatic carbocycles. The molecule has 9 heavy (non-hydrogen) atoms. The molecule has 52 valence electrons. The number of imidazole rings is 1. The van der Waals surface area contributed by atoms with Gasteiger partial charge in [-0.2, -0.15) is 0 Å². The predicted octanol–water partition coefficient (Wildman–Crippen LogP) is 1.92. The average molecular weight is 256 g/mol. The summed E-state index contributed by atoms with van der Waals surface area (Å²) in [6.07, 6.45) is 4.55. The molecule has 0 aliphatic heterocycles. The zero-order chi connectivity index (χ0) is 5.82. The number of aromatic nitrogens is 2. The third-order valence-corrected chi connectivity index (χ3v) is 1.32. The number of hydrogen-bond donors (Lipinski definition) is 1. The van der Waals surface area contributed by atoms with E-state index in [-0.39, 0.29) is 17.0 Å². The van der Waals surface area contributed by atoms with Crippen LogP contribution in [0.3, 0.4) is 0 Å². The van der Waals surface area contributed by atoms with E-state index >= 15 is 0 Å². The maximum Gasteiger partial charge on any atom is 0.0921 e. The van der Waals surface area contributed by atoms with E-state index in [1.807, 2.05) is 6.20 Å². The van der Waals surface area contributed by atoms with Gasteiger partial charge in [-0.1, -0.05) is 15.9 Å². The molecule has 0 radical (unpaired) electrons. The molecule has 1 heterocycles. The normalized spacial score (nSPS) is 8.56. The number of hydrogen-bond acceptors (Lipinski definition) is 1. The minimum absolute atomic E-state index is 0. The van der Waals surface area contributed by atoms with E-state index in [1.54, 1.807) is 6.33 Å². The van der Waals surface area contributed by atoms with E-state index in [0.29, 0.717) is 0 Å². The summed E-state index contributed by atoms with van der Waals surface area (Å²) < 4.78 is 0. The van der Waals surface area contributed by atoms with E-state index in [9.17, 15) is 0 Å². The fraction of sp³-hybridized carbons (Fsp3) is 0.400. The van der Waals surface area contributed by atoms with Gasteiger partial charge < -0.3 is 4.98 Å². The molecule has 1 aromatic rings. The molecular weight excluding hydrogens is 248 g/mol. The summed E-state index contributed by atoms with van der Waals surface area (Å²) in [5.74, 6) is 0. The molecule has 0 saturated heterocycles. The van der Waals surface area contributed by atoms with Gasteiger partial charge in [0.25, 0.3) is 0 Å². The van der Waals surface area contributed by atoms with Crippen LogP contribution in [-0.2, 0) is 6.42 Å². The second-order valence-corrected chi connectivity index (χ2v) is 2.31. The van der Waals surface area contributed by atoms with Crippen molar-refractivity contribution in [3.63, 3.8) is 0 Å². The maximum absolute atomic E-state index is 3.86. The number of aryl methyl sites for hydroxylation is 1. The Labute approximate surface area is 73.0 Å². The van der Waals surface area contributed by atoms with Crippen LogP contribution in [0.5, 0.6) is 0 Å². The highest BCUT2D eigenvalue weighted by atomic mass is 79.9. The lowest BCUT2D eigenvalue weighted by atomic mass is 10.4. The number of halogens is 2. The van der Waals surface area contributed by atoms with E-state index < -0.39 is 0 Å². The standard InChI is InChI=1S/C5H7BrN2.BrH/c6-2-1-5-3-7-4-8-5;/h3-4H,1-2H2,(H,7,8);1H. The minimum atomic E-state index is 0. The highest BCUT2D eigenvalue weighted by Gasteiger charge is 1.87. The van der Waals surface area contributed by atoms with Gasteiger partial charge in [0.05, 0.1) is 6.33 Å². The molecule has 4 heteroatoms. The van der Waals surface area contributed by atoms with Crippen molar-refractivity contribution in [3.05, 3.63) is 18.2 Å². The molecule has 1 rings (SSSR count). The van der Waals surface area contributed by atoms with Gasteiger partial charge in [0, 0.05) is 17.2 Å². The highest BCUT2D eigenvalue weighted by molar-refractivity contribution is 9.09. The molecule has 0 fully saturated rings. The monoisotopic (exact) mass is 254 g/mol. The van der Waals surface area contributed by atoms with Gasteiger partial charge in [0.2, 0.25) is 0 Å². The van der Waals surface area contributed by atoms with Crippen LogP contribution >= 0.6 is 32.9 Å². The van der Waals surface area contributed by atoms with Gasteiger partial charge >= 0.3 is 0 Å². The third-order valence-electron chi connectivity index (χ3n) is 0.919. The largest absolute Gasteiger partial charge is 0.348 e. The number of alkyl halides is 1. The fourth-order valence-corrected chi connectivity index (χ4v) is 0.950. The van der Waals surface area contributed by atoms with E-state index in [0.717, 1.165) is 11.8 Å². The Hall–Kier alpha value is 0.170. The first-order chi connectivity index (χ1) is 3.93. The summed E-state index contributed by atoms with van der Waals surface area (Å²) in [5.41, 5.74) is 1.18. The van der Waals surface area contributed by atoms with E-state index in [2.05, 4.69) is 25.9 Å². The SMILES string of the molecule is Br.BrCCc1cnc[nH]1. The molecule has 1 N–H and O–H groups in total. The molecule has 1 aromatic heterocycles. The summed E-state index contributed by atoms with van der Waals surface area (Å²) >= 11 is 3.32. The zero-order valence-corrected chi connectivity index (χ0v) is 8.10. The van der Waals surface area contributed by atoms with Crippen LogP contribution in [0.4, 0.5) is 0 Å². The number of nitrogens with one attached hydrogen (secondary N) is 1. The first kappa shape index (κ1) is 9.17. The van der Waals surface area contributed by atoms with Crippen LogP contribution in [0.15, 0.2) is 12.5 Å². The molecule has 2 nitrogen and oxygen atoms in total. The Morgan fingerprint density at radius 2 is 2.44 bits per heavy atom. The lowest BCUT2D eigenvalue weighted by Gasteiger charge is -1.85. The first-order valence-electron chi connectivity index (χ1n) is 2.46. The molecule has 0 bridgehead atoms. The second-order valence-electron chi connectivity index (χ2n) is 1.52. The second kappa shape index (κ2) is 4.99. The van der Waals surface area contributed by atoms with Crippen LogP contribution in [0.2, 0.25) is 0 Å². The van der Waals surface area contributed by atoms with Gasteiger partial charge in [0.1, 0.15) is 0 Å². The van der Waals surface area contributed by atoms with Crippen molar-refractivity contribution in [1.29, 1.82) is 0 Å². The van der Waals surface area contributed by atoms with Gasteiger partial charge in [-0.3, -0.25) is 0 Å². The van der Waals surface area contributed by atoms with Crippen molar-refractivity contribution < 1.29 is 0 Å². The van der Waals surface area contributed by atoms with E-state index in [1.165, 1.54) is 5.69 Å². The third kappa shape index (κ3) is 3.01. The Kier molecular flexibility index (Phi) is 5.09. The van der Waals surface area contributed by atoms with Crippen molar-refractivity contribution >= 4 is 32.9 Å². The van der Waals surface area contributed by atoms with E-state index in [4.69, 9.17) is 0 Å². The maximum atomic E-state index is 3.86. The van der Waals surface area contributed by atoms with Crippen LogP contribution in [0, 0.1) is 0 Å². The summed E-state index contributed by atoms with van der Waals surface area (Å²) in [5, 5.41) is 0.995. The van der Waals surface area contributed by atoms with Crippen molar-refractivity contribution in [3.8, 4) is 0 Å². The summed E-state index contributed by atoms with van der Waals surface area (Å²) in [6.45, 7) is 0. The van der Waals surface area contributed by atoms with Crippen molar-refractivity contribution in [2.45, 2.75) is 6.42 Å². The zero-order valence-electron chi connectivity index (χ0n) is 4.80. The molecule has 0 aliphatic carbocycles. The Morgan fingerprint density at radius 1 is 1.67 bits per heavy atom. The quantitative estimate of drug-likeness (QED) is 0.804. The Bertz CT molecular complexity index is 139. The molecule has 0 unspecified atom stereocenters. The summed E-state index contributed by atoms with van der Waals surface area (Å²) in [7, 11) is 0. The van der Waals surface area contributed by atoms with Gasteiger partial charge in [0.15, 0.2) is 0 Å². The summed E-state index contributed by atoms with van der Waals surface area (Å²) in [4.78, 5) is 6.86. The van der Waals surface area contributed by atoms with Crippen molar-refractivity contribution in [2.75, 3.05) is 5.33 Å². The van der Waals surface area contributed by atoms with Crippen molar-refractivity contribution in [1.82, 2.24) is 9.97 Å². The van der Waals surface area contributed by atoms with Gasteiger partial charge in [-0.15, -0.1) is 17.0 Å². The number of H-pyrrole nitrogens is 1. The molecule has 0 atom stereocenters. The van der Waals surface area contributed by atoms with Gasteiger partial charge in [-0.25, -0.2) is 4.98 Å². The topological polar surface area (TPSA) is 28.7 Å². The lowest BCUT2D eigenvalue weighted by Crippen LogP contribution is -1.82. The smallest absolute Gasteiger partial charge is 0.0921 e. The Morgan fingerprint density at radius 3 is 2.89 bits per heavy atom. The predicted molar refractivity (Wildman–Crippen MR) is 46.4 cm³/mol. The summed E-state index contributed by atoms with van der Waals surface area (Å²) in [6, 6.07) is 0. The minimum Gasteiger partial charge on any atom is -0.348 e. The molecule has 0 saturated carbocycles. The number of nitrogens with zero attached hydrogens (tertiary/aromatic N) is 1. The van der Waals surface area contributed by atoms with Crippen molar-refractivity contribution in [2.24, 2.45) is 0 Å². The Balaban J connectivity index is 0.000000640. The lowest BCUT2D eigenvalue weighted by molar-refractivity contribution is 1.08. The van der Waals surface area contributed by atoms with Crippen LogP contribution in [0.1, 0.15) is 5.69 Å². The number of rotatable bonds is 2. The fourth-order valence-electron chi connectivity index (χ4n) is 0.523.